The average molecular weight is 657 g/mol. The molecule has 1 fully saturated rings. The SMILES string of the molecule is CO[C@@]1(c2ccc(Cl)c(Cc3ccc(OC(F)(F)F)cc3)c2)O[C@H](CO)[C@@H](C)[C@H](OCc2ccccc2)[C@H]1OCc1ccccc1. The molecule has 0 bridgehead atoms. The van der Waals surface area contributed by atoms with Gasteiger partial charge in [-0.2, -0.15) is 0 Å². The lowest BCUT2D eigenvalue weighted by molar-refractivity contribution is -0.372. The van der Waals surface area contributed by atoms with Gasteiger partial charge in [0, 0.05) is 23.6 Å². The van der Waals surface area contributed by atoms with Gasteiger partial charge in [0.2, 0.25) is 5.79 Å². The number of hydrogen-bond acceptors (Lipinski definition) is 6. The van der Waals surface area contributed by atoms with E-state index in [9.17, 15) is 18.3 Å². The summed E-state index contributed by atoms with van der Waals surface area (Å²) in [5, 5.41) is 10.9. The zero-order chi connectivity index (χ0) is 32.7. The molecule has 10 heteroatoms. The smallest absolute Gasteiger partial charge is 0.406 e. The molecule has 6 nitrogen and oxygen atoms in total. The van der Waals surface area contributed by atoms with Gasteiger partial charge < -0.3 is 28.8 Å². The molecular weight excluding hydrogens is 621 g/mol. The highest BCUT2D eigenvalue weighted by molar-refractivity contribution is 6.31. The lowest BCUT2D eigenvalue weighted by atomic mass is 9.82. The van der Waals surface area contributed by atoms with E-state index in [1.807, 2.05) is 73.7 Å². The molecule has 0 aliphatic carbocycles. The fourth-order valence-corrected chi connectivity index (χ4v) is 5.93. The summed E-state index contributed by atoms with van der Waals surface area (Å²) < 4.78 is 68.0. The maximum atomic E-state index is 12.7. The highest BCUT2D eigenvalue weighted by atomic mass is 35.5. The van der Waals surface area contributed by atoms with E-state index in [0.717, 1.165) is 11.1 Å². The number of hydrogen-bond donors (Lipinski definition) is 1. The van der Waals surface area contributed by atoms with Crippen LogP contribution in [0.1, 0.15) is 34.7 Å². The van der Waals surface area contributed by atoms with Crippen LogP contribution in [0.5, 0.6) is 5.75 Å². The van der Waals surface area contributed by atoms with E-state index in [1.54, 1.807) is 24.3 Å². The van der Waals surface area contributed by atoms with Crippen LogP contribution in [-0.4, -0.2) is 43.5 Å². The van der Waals surface area contributed by atoms with Crippen molar-refractivity contribution >= 4 is 11.6 Å². The standard InChI is InChI=1S/C36H36ClF3O6/c1-24-32(21-41)46-35(42-2,29-15-18-31(37)28(20-29)19-25-13-16-30(17-14-25)45-36(38,39)40)34(44-23-27-11-7-4-8-12-27)33(24)43-22-26-9-5-3-6-10-26/h3-18,20,24,32-34,41H,19,21-23H2,1-2H3/t24-,32-,33+,34-,35+/m1/s1. The molecule has 1 heterocycles. The van der Waals surface area contributed by atoms with Gasteiger partial charge in [-0.1, -0.05) is 97.4 Å². The van der Waals surface area contributed by atoms with E-state index in [-0.39, 0.29) is 24.9 Å². The lowest BCUT2D eigenvalue weighted by Crippen LogP contribution is -2.62. The van der Waals surface area contributed by atoms with E-state index >= 15 is 0 Å². The molecule has 0 unspecified atom stereocenters. The van der Waals surface area contributed by atoms with Crippen molar-refractivity contribution in [2.75, 3.05) is 13.7 Å². The maximum Gasteiger partial charge on any atom is 0.573 e. The van der Waals surface area contributed by atoms with Crippen LogP contribution in [-0.2, 0) is 44.4 Å². The number of halogens is 4. The molecule has 244 valence electrons. The summed E-state index contributed by atoms with van der Waals surface area (Å²) in [7, 11) is 1.52. The zero-order valence-electron chi connectivity index (χ0n) is 25.5. The normalized spacial score (nSPS) is 23.3. The third kappa shape index (κ3) is 8.09. The van der Waals surface area contributed by atoms with Crippen LogP contribution in [0.2, 0.25) is 5.02 Å². The number of aliphatic hydroxyl groups is 1. The number of alkyl halides is 3. The van der Waals surface area contributed by atoms with Crippen molar-refractivity contribution in [3.8, 4) is 5.75 Å². The van der Waals surface area contributed by atoms with Crippen molar-refractivity contribution in [2.24, 2.45) is 5.92 Å². The minimum atomic E-state index is -4.78. The van der Waals surface area contributed by atoms with E-state index in [1.165, 1.54) is 19.2 Å². The summed E-state index contributed by atoms with van der Waals surface area (Å²) in [5.41, 5.74) is 3.91. The van der Waals surface area contributed by atoms with Crippen molar-refractivity contribution in [3.63, 3.8) is 0 Å². The molecule has 46 heavy (non-hydrogen) atoms. The topological polar surface area (TPSA) is 66.4 Å². The molecule has 1 N–H and O–H groups in total. The quantitative estimate of drug-likeness (QED) is 0.168. The largest absolute Gasteiger partial charge is 0.573 e. The number of benzene rings is 4. The summed E-state index contributed by atoms with van der Waals surface area (Å²) in [6.45, 7) is 2.22. The van der Waals surface area contributed by atoms with Crippen LogP contribution in [0.4, 0.5) is 13.2 Å². The van der Waals surface area contributed by atoms with E-state index in [4.69, 9.17) is 30.5 Å². The number of methoxy groups -OCH3 is 1. The summed E-state index contributed by atoms with van der Waals surface area (Å²) in [4.78, 5) is 0. The van der Waals surface area contributed by atoms with Crippen molar-refractivity contribution in [3.05, 3.63) is 136 Å². The molecule has 0 amide bonds. The van der Waals surface area contributed by atoms with Crippen molar-refractivity contribution in [2.45, 2.75) is 57.0 Å². The van der Waals surface area contributed by atoms with Gasteiger partial charge in [0.05, 0.1) is 32.0 Å². The molecule has 1 aliphatic rings. The number of ether oxygens (including phenoxy) is 5. The second-order valence-corrected chi connectivity index (χ2v) is 11.6. The first-order chi connectivity index (χ1) is 22.1. The molecule has 0 radical (unpaired) electrons. The predicted molar refractivity (Wildman–Crippen MR) is 167 cm³/mol. The Labute approximate surface area is 271 Å². The first-order valence-electron chi connectivity index (χ1n) is 14.9. The van der Waals surface area contributed by atoms with Crippen molar-refractivity contribution < 1.29 is 42.0 Å². The van der Waals surface area contributed by atoms with Gasteiger partial charge in [-0.15, -0.1) is 13.2 Å². The molecule has 5 rings (SSSR count). The second-order valence-electron chi connectivity index (χ2n) is 11.2. The Morgan fingerprint density at radius 1 is 0.826 bits per heavy atom. The van der Waals surface area contributed by atoms with Crippen LogP contribution in [0.3, 0.4) is 0 Å². The molecular formula is C36H36ClF3O6. The van der Waals surface area contributed by atoms with Gasteiger partial charge in [-0.3, -0.25) is 0 Å². The summed E-state index contributed by atoms with van der Waals surface area (Å²) in [5.74, 6) is -2.10. The number of aliphatic hydroxyl groups excluding tert-OH is 1. The molecule has 4 aromatic rings. The lowest BCUT2D eigenvalue weighted by Gasteiger charge is -2.51. The fraction of sp³-hybridized carbons (Fsp3) is 0.333. The van der Waals surface area contributed by atoms with Crippen molar-refractivity contribution in [1.82, 2.24) is 0 Å². The van der Waals surface area contributed by atoms with Crippen LogP contribution in [0.25, 0.3) is 0 Å². The third-order valence-electron chi connectivity index (χ3n) is 8.14. The van der Waals surface area contributed by atoms with Crippen LogP contribution < -0.4 is 4.74 Å². The predicted octanol–water partition coefficient (Wildman–Crippen LogP) is 7.83. The molecule has 0 spiro atoms. The Kier molecular flexibility index (Phi) is 11.0. The average Bonchev–Trinajstić information content (AvgIpc) is 3.05. The fourth-order valence-electron chi connectivity index (χ4n) is 5.75. The van der Waals surface area contributed by atoms with Gasteiger partial charge in [0.15, 0.2) is 0 Å². The highest BCUT2D eigenvalue weighted by Gasteiger charge is 2.56. The first-order valence-corrected chi connectivity index (χ1v) is 15.3. The van der Waals surface area contributed by atoms with Gasteiger partial charge in [0.1, 0.15) is 11.9 Å². The van der Waals surface area contributed by atoms with Gasteiger partial charge >= 0.3 is 6.36 Å². The van der Waals surface area contributed by atoms with Crippen LogP contribution in [0.15, 0.2) is 103 Å². The summed E-state index contributed by atoms with van der Waals surface area (Å²) in [6, 6.07) is 30.5. The first kappa shape index (κ1) is 33.9. The summed E-state index contributed by atoms with van der Waals surface area (Å²) in [6.07, 6.45) is -6.47. The minimum Gasteiger partial charge on any atom is -0.406 e. The summed E-state index contributed by atoms with van der Waals surface area (Å²) >= 11 is 6.64. The highest BCUT2D eigenvalue weighted by Crippen LogP contribution is 2.45. The molecule has 1 saturated heterocycles. The van der Waals surface area contributed by atoms with Crippen LogP contribution in [0, 0.1) is 5.92 Å². The third-order valence-corrected chi connectivity index (χ3v) is 8.51. The number of rotatable bonds is 12. The molecule has 4 aromatic carbocycles. The van der Waals surface area contributed by atoms with E-state index < -0.39 is 30.5 Å². The zero-order valence-corrected chi connectivity index (χ0v) is 26.2. The van der Waals surface area contributed by atoms with Crippen molar-refractivity contribution in [1.29, 1.82) is 0 Å². The van der Waals surface area contributed by atoms with Gasteiger partial charge in [-0.25, -0.2) is 0 Å². The monoisotopic (exact) mass is 656 g/mol. The van der Waals surface area contributed by atoms with Gasteiger partial charge in [-0.05, 0) is 52.9 Å². The minimum absolute atomic E-state index is 0.245. The Bertz CT molecular complexity index is 1540. The second kappa shape index (κ2) is 15.0. The Morgan fingerprint density at radius 2 is 1.43 bits per heavy atom. The maximum absolute atomic E-state index is 12.7. The van der Waals surface area contributed by atoms with E-state index in [0.29, 0.717) is 34.7 Å². The molecule has 1 aliphatic heterocycles. The van der Waals surface area contributed by atoms with E-state index in [2.05, 4.69) is 4.74 Å². The Morgan fingerprint density at radius 3 is 2.00 bits per heavy atom. The molecule has 5 atom stereocenters. The van der Waals surface area contributed by atoms with Crippen LogP contribution >= 0.6 is 11.6 Å². The molecule has 0 saturated carbocycles. The van der Waals surface area contributed by atoms with Gasteiger partial charge in [0.25, 0.3) is 0 Å². The Hall–Kier alpha value is -3.44. The molecule has 0 aromatic heterocycles. The Balaban J connectivity index is 1.51.